The van der Waals surface area contributed by atoms with Gasteiger partial charge < -0.3 is 0 Å². The Labute approximate surface area is 81.9 Å². The van der Waals surface area contributed by atoms with Gasteiger partial charge in [0.1, 0.15) is 0 Å². The fourth-order valence-corrected chi connectivity index (χ4v) is 0. The van der Waals surface area contributed by atoms with Crippen molar-refractivity contribution in [2.45, 2.75) is 0 Å². The van der Waals surface area contributed by atoms with Crippen LogP contribution in [0.1, 0.15) is 0 Å². The van der Waals surface area contributed by atoms with Crippen molar-refractivity contribution in [1.82, 2.24) is 0 Å². The zero-order valence-corrected chi connectivity index (χ0v) is 9.22. The maximum atomic E-state index is 0. The van der Waals surface area contributed by atoms with Gasteiger partial charge in [-0.05, 0) is 0 Å². The molecule has 0 saturated heterocycles. The molecule has 0 amide bonds. The molecule has 47 valence electrons. The first kappa shape index (κ1) is 92.0. The standard InChI is InChI=1S/5ClH.Re/h5*1H;. The fourth-order valence-electron chi connectivity index (χ4n) is 0. The van der Waals surface area contributed by atoms with Crippen molar-refractivity contribution in [3.05, 3.63) is 0 Å². The van der Waals surface area contributed by atoms with Crippen molar-refractivity contribution in [2.24, 2.45) is 0 Å². The van der Waals surface area contributed by atoms with Crippen LogP contribution < -0.4 is 0 Å². The zero-order valence-electron chi connectivity index (χ0n) is 2.42. The third-order valence-corrected chi connectivity index (χ3v) is 0. The van der Waals surface area contributed by atoms with E-state index in [9.17, 15) is 0 Å². The molecule has 0 aliphatic rings. The van der Waals surface area contributed by atoms with E-state index in [0.717, 1.165) is 0 Å². The van der Waals surface area contributed by atoms with E-state index in [0.29, 0.717) is 0 Å². The monoisotopic (exact) mass is 367 g/mol. The number of hydrogen-bond acceptors (Lipinski definition) is 0. The smallest absolute Gasteiger partial charge is 0 e. The molecule has 0 bridgehead atoms. The summed E-state index contributed by atoms with van der Waals surface area (Å²) < 4.78 is 0. The van der Waals surface area contributed by atoms with Gasteiger partial charge in [0.05, 0.1) is 0 Å². The van der Waals surface area contributed by atoms with Crippen molar-refractivity contribution in [3.8, 4) is 0 Å². The number of hydrogen-bond donors (Lipinski definition) is 0. The van der Waals surface area contributed by atoms with Crippen molar-refractivity contribution >= 4 is 62.0 Å². The summed E-state index contributed by atoms with van der Waals surface area (Å²) >= 11 is 0. The van der Waals surface area contributed by atoms with Gasteiger partial charge in [0.15, 0.2) is 0 Å². The molecule has 0 N–H and O–H groups in total. The van der Waals surface area contributed by atoms with Gasteiger partial charge in [-0.3, -0.25) is 0 Å². The van der Waals surface area contributed by atoms with Gasteiger partial charge in [-0.25, -0.2) is 0 Å². The van der Waals surface area contributed by atoms with Gasteiger partial charge in [-0.2, -0.15) is 0 Å². The molecule has 0 unspecified atom stereocenters. The Morgan fingerprint density at radius 3 is 0.333 bits per heavy atom. The Balaban J connectivity index is 0. The van der Waals surface area contributed by atoms with Crippen molar-refractivity contribution < 1.29 is 20.4 Å². The predicted octanol–water partition coefficient (Wildman–Crippen LogP) is 2.11. The van der Waals surface area contributed by atoms with Crippen LogP contribution in [-0.4, -0.2) is 0 Å². The molecule has 0 rings (SSSR count). The SMILES string of the molecule is Cl.Cl.Cl.Cl.Cl.[Re]. The van der Waals surface area contributed by atoms with E-state index in [2.05, 4.69) is 0 Å². The molecule has 0 spiro atoms. The van der Waals surface area contributed by atoms with E-state index in [1.54, 1.807) is 0 Å². The number of halogens is 5. The molecule has 0 atom stereocenters. The molecule has 0 saturated carbocycles. The second-order valence-corrected chi connectivity index (χ2v) is 0. The van der Waals surface area contributed by atoms with Crippen LogP contribution in [0.5, 0.6) is 0 Å². The second-order valence-electron chi connectivity index (χ2n) is 0. The van der Waals surface area contributed by atoms with E-state index >= 15 is 0 Å². The maximum absolute atomic E-state index is 0. The zero-order chi connectivity index (χ0) is 0. The van der Waals surface area contributed by atoms with Crippen LogP contribution in [0.2, 0.25) is 0 Å². The Bertz CT molecular complexity index is 3.90. The molecule has 6 heteroatoms. The topological polar surface area (TPSA) is 0 Å². The van der Waals surface area contributed by atoms with Crippen LogP contribution in [0.4, 0.5) is 0 Å². The van der Waals surface area contributed by atoms with Gasteiger partial charge >= 0.3 is 0 Å². The van der Waals surface area contributed by atoms with Crippen LogP contribution in [-0.2, 0) is 20.4 Å². The van der Waals surface area contributed by atoms with Gasteiger partial charge in [0.25, 0.3) is 0 Å². The summed E-state index contributed by atoms with van der Waals surface area (Å²) in [6, 6.07) is 0. The molecule has 0 aliphatic carbocycles. The molecule has 0 aromatic carbocycles. The van der Waals surface area contributed by atoms with Crippen LogP contribution in [0.15, 0.2) is 0 Å². The van der Waals surface area contributed by atoms with E-state index in [-0.39, 0.29) is 82.5 Å². The first-order chi connectivity index (χ1) is 0. The molecule has 0 aromatic rings. The Morgan fingerprint density at radius 1 is 0.333 bits per heavy atom. The largest absolute Gasteiger partial charge is 0.147 e. The summed E-state index contributed by atoms with van der Waals surface area (Å²) in [6.07, 6.45) is 0. The van der Waals surface area contributed by atoms with Crippen LogP contribution in [0.25, 0.3) is 0 Å². The molecule has 6 heavy (non-hydrogen) atoms. The Morgan fingerprint density at radius 2 is 0.333 bits per heavy atom. The minimum Gasteiger partial charge on any atom is -0.147 e. The molecule has 1 radical (unpaired) electrons. The first-order valence-electron chi connectivity index (χ1n) is 0. The average molecular weight is 369 g/mol. The summed E-state index contributed by atoms with van der Waals surface area (Å²) in [6.45, 7) is 0. The van der Waals surface area contributed by atoms with E-state index in [4.69, 9.17) is 0 Å². The first-order valence-corrected chi connectivity index (χ1v) is 0. The summed E-state index contributed by atoms with van der Waals surface area (Å²) in [5.74, 6) is 0. The average Bonchev–Trinajstić information content (AvgIpc) is 0. The van der Waals surface area contributed by atoms with Crippen LogP contribution in [0, 0.1) is 0 Å². The molecule has 0 aliphatic heterocycles. The van der Waals surface area contributed by atoms with Crippen molar-refractivity contribution in [3.63, 3.8) is 0 Å². The summed E-state index contributed by atoms with van der Waals surface area (Å²) in [5, 5.41) is 0. The predicted molar refractivity (Wildman–Crippen MR) is 36.2 cm³/mol. The number of rotatable bonds is 0. The molecule has 0 aromatic heterocycles. The van der Waals surface area contributed by atoms with Gasteiger partial charge in [0.2, 0.25) is 0 Å². The third-order valence-electron chi connectivity index (χ3n) is 0. The minimum absolute atomic E-state index is 0. The van der Waals surface area contributed by atoms with Crippen LogP contribution >= 0.6 is 62.0 Å². The molecular formula is H5Cl5Re. The summed E-state index contributed by atoms with van der Waals surface area (Å²) in [4.78, 5) is 0. The third kappa shape index (κ3) is 35.8. The fraction of sp³-hybridized carbons (Fsp3) is 0. The molecular weight excluding hydrogens is 363 g/mol. The Hall–Kier alpha value is 2.11. The van der Waals surface area contributed by atoms with Crippen molar-refractivity contribution in [1.29, 1.82) is 0 Å². The quantitative estimate of drug-likeness (QED) is 0.614. The summed E-state index contributed by atoms with van der Waals surface area (Å²) in [5.41, 5.74) is 0. The summed E-state index contributed by atoms with van der Waals surface area (Å²) in [7, 11) is 0. The normalized spacial score (nSPS) is 0. The molecule has 0 nitrogen and oxygen atoms in total. The van der Waals surface area contributed by atoms with E-state index in [1.807, 2.05) is 0 Å². The molecule has 0 fully saturated rings. The van der Waals surface area contributed by atoms with Gasteiger partial charge in [0, 0.05) is 20.4 Å². The van der Waals surface area contributed by atoms with E-state index in [1.165, 1.54) is 0 Å². The Kier molecular flexibility index (Phi) is 913. The van der Waals surface area contributed by atoms with Gasteiger partial charge in [-0.15, -0.1) is 62.0 Å². The van der Waals surface area contributed by atoms with E-state index < -0.39 is 0 Å². The maximum Gasteiger partial charge on any atom is 0 e. The van der Waals surface area contributed by atoms with Crippen molar-refractivity contribution in [2.75, 3.05) is 0 Å². The second kappa shape index (κ2) is 59.6. The molecule has 0 heterocycles. The van der Waals surface area contributed by atoms with Crippen LogP contribution in [0.3, 0.4) is 0 Å². The minimum atomic E-state index is 0. The van der Waals surface area contributed by atoms with Gasteiger partial charge in [-0.1, -0.05) is 0 Å².